The van der Waals surface area contributed by atoms with Crippen LogP contribution >= 0.6 is 0 Å². The third kappa shape index (κ3) is 4.60. The van der Waals surface area contributed by atoms with Gasteiger partial charge < -0.3 is 15.4 Å². The predicted molar refractivity (Wildman–Crippen MR) is 143 cm³/mol. The normalized spacial score (nSPS) is 26.0. The maximum atomic E-state index is 13.7. The van der Waals surface area contributed by atoms with E-state index in [0.717, 1.165) is 37.2 Å². The number of rotatable bonds is 8. The highest BCUT2D eigenvalue weighted by Gasteiger charge is 2.54. The zero-order chi connectivity index (χ0) is 26.3. The molecule has 3 aliphatic heterocycles. The summed E-state index contributed by atoms with van der Waals surface area (Å²) in [6, 6.07) is 17.4. The number of ketones is 1. The molecule has 2 N–H and O–H groups in total. The molecular weight excluding hydrogens is 480 g/mol. The van der Waals surface area contributed by atoms with Gasteiger partial charge >= 0.3 is 6.03 Å². The zero-order valence-electron chi connectivity index (χ0n) is 21.9. The average Bonchev–Trinajstić information content (AvgIpc) is 3.65. The smallest absolute Gasteiger partial charge is 0.325 e. The number of piperidine rings is 1. The Morgan fingerprint density at radius 1 is 1.03 bits per heavy atom. The molecule has 3 amide bonds. The maximum absolute atomic E-state index is 13.7. The van der Waals surface area contributed by atoms with Gasteiger partial charge in [0.1, 0.15) is 11.3 Å². The van der Waals surface area contributed by atoms with Crippen molar-refractivity contribution in [2.45, 2.75) is 49.7 Å². The van der Waals surface area contributed by atoms with E-state index in [1.165, 1.54) is 10.5 Å². The summed E-state index contributed by atoms with van der Waals surface area (Å²) >= 11 is 0. The fourth-order valence-corrected chi connectivity index (χ4v) is 6.62. The average molecular weight is 517 g/mol. The molecule has 1 unspecified atom stereocenters. The summed E-state index contributed by atoms with van der Waals surface area (Å²) in [6.45, 7) is 3.15. The van der Waals surface area contributed by atoms with Crippen LogP contribution in [-0.2, 0) is 16.1 Å². The molecule has 1 aliphatic carbocycles. The minimum absolute atomic E-state index is 0.160. The fraction of sp³-hybridized carbons (Fsp3) is 0.500. The van der Waals surface area contributed by atoms with Gasteiger partial charge in [0.2, 0.25) is 0 Å². The molecule has 8 nitrogen and oxygen atoms in total. The van der Waals surface area contributed by atoms with E-state index in [2.05, 4.69) is 39.8 Å². The molecule has 0 bridgehead atoms. The summed E-state index contributed by atoms with van der Waals surface area (Å²) in [5.41, 5.74) is 1.26. The van der Waals surface area contributed by atoms with Crippen molar-refractivity contribution in [3.63, 3.8) is 0 Å². The van der Waals surface area contributed by atoms with E-state index < -0.39 is 5.54 Å². The maximum Gasteiger partial charge on any atom is 0.325 e. The Kier molecular flexibility index (Phi) is 6.70. The molecular formula is C30H36N4O4. The standard InChI is InChI=1S/C30H36N4O4/c1-38-23-11-7-20(8-12-23)19-34-28(36)30(32-29(34)37)13-15-33(16-14-30)26(27(35)22-9-10-22)25-18-31-17-24(25)21-5-3-2-4-6-21/h2-8,11-12,22,24-26,31H,9-10,13-19H2,1H3,(H,32,37)/t24-,25-,26?/m1/s1. The lowest BCUT2D eigenvalue weighted by Crippen LogP contribution is -2.59. The van der Waals surface area contributed by atoms with E-state index in [1.54, 1.807) is 7.11 Å². The minimum atomic E-state index is -0.889. The number of likely N-dealkylation sites (tertiary alicyclic amines) is 1. The Morgan fingerprint density at radius 3 is 2.39 bits per heavy atom. The third-order valence-electron chi connectivity index (χ3n) is 8.96. The van der Waals surface area contributed by atoms with Crippen LogP contribution in [0.1, 0.15) is 42.7 Å². The number of benzene rings is 2. The number of Topliss-reactive ketones (excluding diaryl/α,β-unsaturated/α-hetero) is 1. The van der Waals surface area contributed by atoms with E-state index >= 15 is 0 Å². The van der Waals surface area contributed by atoms with Crippen LogP contribution in [0, 0.1) is 11.8 Å². The highest BCUT2D eigenvalue weighted by atomic mass is 16.5. The Labute approximate surface area is 223 Å². The van der Waals surface area contributed by atoms with Gasteiger partial charge in [-0.1, -0.05) is 42.5 Å². The predicted octanol–water partition coefficient (Wildman–Crippen LogP) is 2.93. The first-order valence-corrected chi connectivity index (χ1v) is 13.8. The Morgan fingerprint density at radius 2 is 1.74 bits per heavy atom. The first-order chi connectivity index (χ1) is 18.5. The molecule has 1 saturated carbocycles. The van der Waals surface area contributed by atoms with Gasteiger partial charge in [0.05, 0.1) is 19.7 Å². The van der Waals surface area contributed by atoms with Crippen molar-refractivity contribution in [2.75, 3.05) is 33.3 Å². The number of methoxy groups -OCH3 is 1. The van der Waals surface area contributed by atoms with Crippen LogP contribution in [0.15, 0.2) is 54.6 Å². The van der Waals surface area contributed by atoms with Gasteiger partial charge in [-0.05, 0) is 48.9 Å². The SMILES string of the molecule is COc1ccc(CN2C(=O)NC3(CCN(C(C(=O)C4CC4)[C@@H]4CNC[C@@H]4c4ccccc4)CC3)C2=O)cc1. The van der Waals surface area contributed by atoms with Crippen LogP contribution in [0.5, 0.6) is 5.75 Å². The Balaban J connectivity index is 1.17. The van der Waals surface area contributed by atoms with Crippen LogP contribution in [0.4, 0.5) is 4.79 Å². The molecule has 3 heterocycles. The zero-order valence-corrected chi connectivity index (χ0v) is 21.9. The second kappa shape index (κ2) is 10.2. The second-order valence-electron chi connectivity index (χ2n) is 11.2. The number of imide groups is 1. The minimum Gasteiger partial charge on any atom is -0.497 e. The summed E-state index contributed by atoms with van der Waals surface area (Å²) in [4.78, 5) is 43.8. The summed E-state index contributed by atoms with van der Waals surface area (Å²) in [5, 5.41) is 6.58. The molecule has 3 atom stereocenters. The van der Waals surface area contributed by atoms with Crippen LogP contribution in [-0.4, -0.2) is 72.4 Å². The van der Waals surface area contributed by atoms with Gasteiger partial charge in [0, 0.05) is 43.9 Å². The Bertz CT molecular complexity index is 1190. The molecule has 4 aliphatic rings. The summed E-state index contributed by atoms with van der Waals surface area (Å²) < 4.78 is 5.21. The number of carbonyl (C=O) groups is 3. The summed E-state index contributed by atoms with van der Waals surface area (Å²) in [7, 11) is 1.61. The molecule has 200 valence electrons. The lowest BCUT2D eigenvalue weighted by molar-refractivity contribution is -0.134. The van der Waals surface area contributed by atoms with E-state index in [0.29, 0.717) is 31.7 Å². The van der Waals surface area contributed by atoms with Crippen LogP contribution < -0.4 is 15.4 Å². The van der Waals surface area contributed by atoms with Crippen molar-refractivity contribution in [1.82, 2.24) is 20.4 Å². The number of hydrogen-bond acceptors (Lipinski definition) is 6. The molecule has 1 spiro atoms. The van der Waals surface area contributed by atoms with E-state index in [1.807, 2.05) is 30.3 Å². The molecule has 38 heavy (non-hydrogen) atoms. The lowest BCUT2D eigenvalue weighted by atomic mass is 9.78. The van der Waals surface area contributed by atoms with Crippen molar-refractivity contribution in [3.05, 3.63) is 65.7 Å². The molecule has 8 heteroatoms. The molecule has 3 saturated heterocycles. The number of nitrogens with zero attached hydrogens (tertiary/aromatic N) is 2. The highest BCUT2D eigenvalue weighted by Crippen LogP contribution is 2.41. The van der Waals surface area contributed by atoms with Crippen LogP contribution in [0.3, 0.4) is 0 Å². The monoisotopic (exact) mass is 516 g/mol. The number of nitrogens with one attached hydrogen (secondary N) is 2. The molecule has 0 radical (unpaired) electrons. The molecule has 2 aromatic carbocycles. The van der Waals surface area contributed by atoms with Crippen molar-refractivity contribution in [2.24, 2.45) is 11.8 Å². The number of hydrogen-bond donors (Lipinski definition) is 2. The molecule has 4 fully saturated rings. The Hall–Kier alpha value is -3.23. The van der Waals surface area contributed by atoms with Crippen molar-refractivity contribution in [1.29, 1.82) is 0 Å². The highest BCUT2D eigenvalue weighted by molar-refractivity contribution is 6.07. The topological polar surface area (TPSA) is 91.0 Å². The van der Waals surface area contributed by atoms with E-state index in [9.17, 15) is 14.4 Å². The molecule has 2 aromatic rings. The van der Waals surface area contributed by atoms with Gasteiger partial charge in [-0.2, -0.15) is 0 Å². The summed E-state index contributed by atoms with van der Waals surface area (Å²) in [5.74, 6) is 1.58. The first kappa shape index (κ1) is 25.1. The quantitative estimate of drug-likeness (QED) is 0.525. The van der Waals surface area contributed by atoms with E-state index in [-0.39, 0.29) is 42.3 Å². The molecule has 0 aromatic heterocycles. The first-order valence-electron chi connectivity index (χ1n) is 13.8. The van der Waals surface area contributed by atoms with E-state index in [4.69, 9.17) is 4.74 Å². The molecule has 6 rings (SSSR count). The second-order valence-corrected chi connectivity index (χ2v) is 11.2. The number of ether oxygens (including phenoxy) is 1. The van der Waals surface area contributed by atoms with Crippen molar-refractivity contribution < 1.29 is 19.1 Å². The van der Waals surface area contributed by atoms with Crippen LogP contribution in [0.2, 0.25) is 0 Å². The lowest BCUT2D eigenvalue weighted by Gasteiger charge is -2.43. The van der Waals surface area contributed by atoms with Gasteiger partial charge in [-0.15, -0.1) is 0 Å². The van der Waals surface area contributed by atoms with Gasteiger partial charge in [-0.25, -0.2) is 4.79 Å². The van der Waals surface area contributed by atoms with Crippen molar-refractivity contribution in [3.8, 4) is 5.75 Å². The van der Waals surface area contributed by atoms with Crippen LogP contribution in [0.25, 0.3) is 0 Å². The third-order valence-corrected chi connectivity index (χ3v) is 8.96. The fourth-order valence-electron chi connectivity index (χ4n) is 6.62. The largest absolute Gasteiger partial charge is 0.497 e. The number of carbonyl (C=O) groups excluding carboxylic acids is 3. The van der Waals surface area contributed by atoms with Gasteiger partial charge in [0.15, 0.2) is 5.78 Å². The van der Waals surface area contributed by atoms with Gasteiger partial charge in [-0.3, -0.25) is 19.4 Å². The number of urea groups is 1. The van der Waals surface area contributed by atoms with Gasteiger partial charge in [0.25, 0.3) is 5.91 Å². The summed E-state index contributed by atoms with van der Waals surface area (Å²) in [6.07, 6.45) is 3.00. The number of amides is 3. The van der Waals surface area contributed by atoms with Crippen molar-refractivity contribution >= 4 is 17.7 Å².